The fourth-order valence-corrected chi connectivity index (χ4v) is 1.88. The van der Waals surface area contributed by atoms with Crippen molar-refractivity contribution < 1.29 is 18.3 Å². The maximum Gasteiger partial charge on any atom is 0.331 e. The summed E-state index contributed by atoms with van der Waals surface area (Å²) >= 11 is 0. The highest BCUT2D eigenvalue weighted by molar-refractivity contribution is 7.92. The lowest BCUT2D eigenvalue weighted by Crippen LogP contribution is -2.12. The van der Waals surface area contributed by atoms with Crippen molar-refractivity contribution in [1.82, 2.24) is 0 Å². The SMILES string of the molecule is C=C(Cc1ccccc1NS(C)(=O)=O)C(=O)O. The lowest BCUT2D eigenvalue weighted by molar-refractivity contribution is -0.132. The van der Waals surface area contributed by atoms with E-state index in [1.165, 1.54) is 0 Å². The molecule has 0 aliphatic heterocycles. The van der Waals surface area contributed by atoms with Gasteiger partial charge in [0.15, 0.2) is 0 Å². The van der Waals surface area contributed by atoms with Gasteiger partial charge in [-0.05, 0) is 11.6 Å². The third kappa shape index (κ3) is 4.28. The molecule has 0 saturated carbocycles. The number of benzene rings is 1. The van der Waals surface area contributed by atoms with Gasteiger partial charge in [-0.3, -0.25) is 4.72 Å². The molecule has 1 rings (SSSR count). The molecule has 0 aliphatic rings. The number of sulfonamides is 1. The zero-order valence-corrected chi connectivity index (χ0v) is 10.1. The Morgan fingerprint density at radius 1 is 1.41 bits per heavy atom. The first-order valence-electron chi connectivity index (χ1n) is 4.76. The number of hydrogen-bond acceptors (Lipinski definition) is 3. The zero-order chi connectivity index (χ0) is 13.1. The van der Waals surface area contributed by atoms with Crippen molar-refractivity contribution in [1.29, 1.82) is 0 Å². The van der Waals surface area contributed by atoms with Crippen molar-refractivity contribution in [2.75, 3.05) is 11.0 Å². The average molecular weight is 255 g/mol. The first kappa shape index (κ1) is 13.2. The highest BCUT2D eigenvalue weighted by Crippen LogP contribution is 2.19. The number of rotatable bonds is 5. The van der Waals surface area contributed by atoms with Gasteiger partial charge in [0.25, 0.3) is 0 Å². The van der Waals surface area contributed by atoms with Crippen molar-refractivity contribution in [3.8, 4) is 0 Å². The van der Waals surface area contributed by atoms with Crippen LogP contribution in [0, 0.1) is 0 Å². The number of carbonyl (C=O) groups is 1. The molecule has 0 bridgehead atoms. The Kier molecular flexibility index (Phi) is 3.90. The van der Waals surface area contributed by atoms with E-state index in [0.717, 1.165) is 6.26 Å². The molecule has 0 unspecified atom stereocenters. The number of hydrogen-bond donors (Lipinski definition) is 2. The molecule has 0 aromatic heterocycles. The topological polar surface area (TPSA) is 83.5 Å². The van der Waals surface area contributed by atoms with E-state index in [4.69, 9.17) is 5.11 Å². The van der Waals surface area contributed by atoms with Gasteiger partial charge in [-0.1, -0.05) is 24.8 Å². The second kappa shape index (κ2) is 5.01. The molecule has 0 amide bonds. The molecule has 0 fully saturated rings. The first-order chi connectivity index (χ1) is 7.79. The van der Waals surface area contributed by atoms with Crippen molar-refractivity contribution in [3.05, 3.63) is 42.0 Å². The Labute approximate surface area is 99.8 Å². The van der Waals surface area contributed by atoms with Crippen LogP contribution in [0.3, 0.4) is 0 Å². The molecule has 0 atom stereocenters. The predicted octanol–water partition coefficient (Wildman–Crippen LogP) is 1.24. The minimum Gasteiger partial charge on any atom is -0.478 e. The third-order valence-corrected chi connectivity index (χ3v) is 2.61. The van der Waals surface area contributed by atoms with Crippen LogP contribution in [0.4, 0.5) is 5.69 Å². The van der Waals surface area contributed by atoms with Crippen molar-refractivity contribution in [2.24, 2.45) is 0 Å². The van der Waals surface area contributed by atoms with Gasteiger partial charge in [0.05, 0.1) is 11.9 Å². The summed E-state index contributed by atoms with van der Waals surface area (Å²) in [6.07, 6.45) is 1.13. The molecule has 1 aromatic rings. The van der Waals surface area contributed by atoms with Crippen molar-refractivity contribution in [3.63, 3.8) is 0 Å². The summed E-state index contributed by atoms with van der Waals surface area (Å²) in [4.78, 5) is 10.7. The van der Waals surface area contributed by atoms with Gasteiger partial charge in [0, 0.05) is 12.0 Å². The molecule has 0 heterocycles. The van der Waals surface area contributed by atoms with E-state index in [2.05, 4.69) is 11.3 Å². The fourth-order valence-electron chi connectivity index (χ4n) is 1.28. The summed E-state index contributed by atoms with van der Waals surface area (Å²) < 4.78 is 24.6. The lowest BCUT2D eigenvalue weighted by Gasteiger charge is -2.10. The van der Waals surface area contributed by atoms with Gasteiger partial charge < -0.3 is 5.11 Å². The first-order valence-corrected chi connectivity index (χ1v) is 6.65. The maximum absolute atomic E-state index is 11.1. The molecule has 17 heavy (non-hydrogen) atoms. The van der Waals surface area contributed by atoms with Crippen LogP contribution in [-0.2, 0) is 21.2 Å². The van der Waals surface area contributed by atoms with Crippen LogP contribution in [-0.4, -0.2) is 25.7 Å². The molecule has 0 aliphatic carbocycles. The molecule has 2 N–H and O–H groups in total. The van der Waals surface area contributed by atoms with Gasteiger partial charge in [-0.25, -0.2) is 13.2 Å². The number of aliphatic carboxylic acids is 1. The van der Waals surface area contributed by atoms with E-state index in [1.807, 2.05) is 0 Å². The Morgan fingerprint density at radius 3 is 2.53 bits per heavy atom. The van der Waals surface area contributed by atoms with E-state index < -0.39 is 16.0 Å². The van der Waals surface area contributed by atoms with Gasteiger partial charge in [0.1, 0.15) is 0 Å². The van der Waals surface area contributed by atoms with Crippen LogP contribution in [0.5, 0.6) is 0 Å². The molecule has 0 saturated heterocycles. The van der Waals surface area contributed by atoms with Gasteiger partial charge in [0.2, 0.25) is 10.0 Å². The minimum atomic E-state index is -3.38. The summed E-state index contributed by atoms with van der Waals surface area (Å²) in [6.45, 7) is 3.41. The summed E-state index contributed by atoms with van der Waals surface area (Å²) in [5.41, 5.74) is 0.954. The lowest BCUT2D eigenvalue weighted by atomic mass is 10.1. The number of anilines is 1. The van der Waals surface area contributed by atoms with Crippen LogP contribution in [0.2, 0.25) is 0 Å². The second-order valence-electron chi connectivity index (χ2n) is 3.62. The Balaban J connectivity index is 3.00. The Morgan fingerprint density at radius 2 is 2.00 bits per heavy atom. The standard InChI is InChI=1S/C11H13NO4S/c1-8(11(13)14)7-9-5-3-4-6-10(9)12-17(2,15)16/h3-6,12H,1,7H2,2H3,(H,13,14). The molecule has 5 nitrogen and oxygen atoms in total. The molecule has 0 radical (unpaired) electrons. The van der Waals surface area contributed by atoms with E-state index in [-0.39, 0.29) is 12.0 Å². The molecular formula is C11H13NO4S. The molecular weight excluding hydrogens is 242 g/mol. The van der Waals surface area contributed by atoms with Crippen molar-refractivity contribution in [2.45, 2.75) is 6.42 Å². The summed E-state index contributed by atoms with van der Waals surface area (Å²) in [5.74, 6) is -1.10. The predicted molar refractivity (Wildman–Crippen MR) is 65.4 cm³/mol. The summed E-state index contributed by atoms with van der Waals surface area (Å²) in [5, 5.41) is 8.73. The van der Waals surface area contributed by atoms with Crippen LogP contribution in [0.15, 0.2) is 36.4 Å². The largest absolute Gasteiger partial charge is 0.478 e. The van der Waals surface area contributed by atoms with E-state index in [0.29, 0.717) is 11.3 Å². The molecule has 6 heteroatoms. The number of carboxylic acids is 1. The number of carboxylic acid groups (broad SMARTS) is 1. The summed E-state index contributed by atoms with van der Waals surface area (Å²) in [7, 11) is -3.38. The summed E-state index contributed by atoms with van der Waals surface area (Å²) in [6, 6.07) is 6.60. The normalized spacial score (nSPS) is 10.9. The Bertz CT molecular complexity index is 548. The van der Waals surface area contributed by atoms with E-state index in [1.54, 1.807) is 24.3 Å². The maximum atomic E-state index is 11.1. The number of nitrogens with one attached hydrogen (secondary N) is 1. The minimum absolute atomic E-state index is 0.00718. The highest BCUT2D eigenvalue weighted by atomic mass is 32.2. The molecule has 92 valence electrons. The third-order valence-electron chi connectivity index (χ3n) is 2.02. The van der Waals surface area contributed by atoms with Crippen molar-refractivity contribution >= 4 is 21.7 Å². The van der Waals surface area contributed by atoms with Gasteiger partial charge in [-0.15, -0.1) is 0 Å². The molecule has 0 spiro atoms. The molecule has 1 aromatic carbocycles. The average Bonchev–Trinajstić information content (AvgIpc) is 2.18. The Hall–Kier alpha value is -1.82. The van der Waals surface area contributed by atoms with Crippen LogP contribution < -0.4 is 4.72 Å². The van der Waals surface area contributed by atoms with E-state index in [9.17, 15) is 13.2 Å². The smallest absolute Gasteiger partial charge is 0.331 e. The van der Waals surface area contributed by atoms with E-state index >= 15 is 0 Å². The second-order valence-corrected chi connectivity index (χ2v) is 5.37. The van der Waals surface area contributed by atoms with Gasteiger partial charge >= 0.3 is 5.97 Å². The van der Waals surface area contributed by atoms with Crippen LogP contribution in [0.25, 0.3) is 0 Å². The van der Waals surface area contributed by atoms with Gasteiger partial charge in [-0.2, -0.15) is 0 Å². The quantitative estimate of drug-likeness (QED) is 0.775. The van der Waals surface area contributed by atoms with Crippen LogP contribution in [0.1, 0.15) is 5.56 Å². The monoisotopic (exact) mass is 255 g/mol. The number of para-hydroxylation sites is 1. The zero-order valence-electron chi connectivity index (χ0n) is 9.30. The van der Waals surface area contributed by atoms with Crippen LogP contribution >= 0.6 is 0 Å². The highest BCUT2D eigenvalue weighted by Gasteiger charge is 2.10. The fraction of sp³-hybridized carbons (Fsp3) is 0.182.